The number of imidazole rings is 1. The van der Waals surface area contributed by atoms with Crippen LogP contribution in [0.5, 0.6) is 0 Å². The van der Waals surface area contributed by atoms with Crippen LogP contribution in [0.15, 0.2) is 33.6 Å². The van der Waals surface area contributed by atoms with Crippen molar-refractivity contribution < 1.29 is 5.11 Å². The first-order valence-corrected chi connectivity index (χ1v) is 7.22. The molecule has 0 aliphatic heterocycles. The summed E-state index contributed by atoms with van der Waals surface area (Å²) in [6.07, 6.45) is 5.39. The number of aromatic nitrogens is 3. The van der Waals surface area contributed by atoms with E-state index < -0.39 is 6.10 Å². The molecule has 0 amide bonds. The summed E-state index contributed by atoms with van der Waals surface area (Å²) in [6, 6.07) is 1.86. The topological polar surface area (TPSA) is 50.9 Å². The van der Waals surface area contributed by atoms with Gasteiger partial charge >= 0.3 is 0 Å². The lowest BCUT2D eigenvalue weighted by Gasteiger charge is -2.13. The number of rotatable bonds is 4. The third-order valence-corrected chi connectivity index (χ3v) is 3.62. The maximum absolute atomic E-state index is 10.4. The maximum Gasteiger partial charge on any atom is 0.155 e. The van der Waals surface area contributed by atoms with Crippen molar-refractivity contribution in [1.29, 1.82) is 0 Å². The minimum Gasteiger partial charge on any atom is -0.379 e. The highest BCUT2D eigenvalue weighted by Crippen LogP contribution is 2.28. The van der Waals surface area contributed by atoms with Crippen molar-refractivity contribution in [2.45, 2.75) is 26.0 Å². The highest BCUT2D eigenvalue weighted by Gasteiger charge is 2.20. The molecule has 2 rings (SSSR count). The van der Waals surface area contributed by atoms with Gasteiger partial charge in [-0.25, -0.2) is 4.98 Å². The summed E-state index contributed by atoms with van der Waals surface area (Å²) < 4.78 is 3.57. The van der Waals surface area contributed by atoms with Crippen molar-refractivity contribution in [3.8, 4) is 0 Å². The zero-order valence-corrected chi connectivity index (χ0v) is 13.0. The number of aliphatic hydroxyl groups is 1. The molecular formula is C12H13Br2N3O. The van der Waals surface area contributed by atoms with Gasteiger partial charge in [-0.05, 0) is 44.3 Å². The van der Waals surface area contributed by atoms with Crippen LogP contribution in [0.25, 0.3) is 0 Å². The Morgan fingerprint density at radius 1 is 1.39 bits per heavy atom. The van der Waals surface area contributed by atoms with Crippen LogP contribution < -0.4 is 0 Å². The molecule has 18 heavy (non-hydrogen) atoms. The second kappa shape index (κ2) is 5.95. The molecular weight excluding hydrogens is 362 g/mol. The fraction of sp³-hybridized carbons (Fsp3) is 0.333. The van der Waals surface area contributed by atoms with Crippen molar-refractivity contribution in [3.05, 3.63) is 45.1 Å². The fourth-order valence-corrected chi connectivity index (χ4v) is 2.95. The SMILES string of the molecule is CCCn1ccnc1C(O)c1ncc(Br)cc1Br. The van der Waals surface area contributed by atoms with Crippen molar-refractivity contribution in [2.75, 3.05) is 0 Å². The average Bonchev–Trinajstić information content (AvgIpc) is 2.77. The molecule has 0 spiro atoms. The van der Waals surface area contributed by atoms with Crippen LogP contribution in [-0.4, -0.2) is 19.6 Å². The highest BCUT2D eigenvalue weighted by atomic mass is 79.9. The number of hydrogen-bond donors (Lipinski definition) is 1. The molecule has 0 aliphatic carbocycles. The lowest BCUT2D eigenvalue weighted by atomic mass is 10.2. The Morgan fingerprint density at radius 2 is 2.17 bits per heavy atom. The maximum atomic E-state index is 10.4. The van der Waals surface area contributed by atoms with Crippen LogP contribution in [0.3, 0.4) is 0 Å². The van der Waals surface area contributed by atoms with Crippen molar-refractivity contribution >= 4 is 31.9 Å². The van der Waals surface area contributed by atoms with Gasteiger partial charge in [0.25, 0.3) is 0 Å². The summed E-state index contributed by atoms with van der Waals surface area (Å²) >= 11 is 6.75. The number of aryl methyl sites for hydroxylation is 1. The Labute approximate surface area is 122 Å². The number of pyridine rings is 1. The summed E-state index contributed by atoms with van der Waals surface area (Å²) in [5.74, 6) is 0.618. The second-order valence-corrected chi connectivity index (χ2v) is 5.67. The van der Waals surface area contributed by atoms with Crippen LogP contribution in [-0.2, 0) is 6.54 Å². The molecule has 4 nitrogen and oxygen atoms in total. The molecule has 6 heteroatoms. The van der Waals surface area contributed by atoms with Gasteiger partial charge in [0.1, 0.15) is 5.82 Å². The molecule has 0 aliphatic rings. The van der Waals surface area contributed by atoms with E-state index >= 15 is 0 Å². The van der Waals surface area contributed by atoms with Crippen LogP contribution in [0, 0.1) is 0 Å². The molecule has 0 aromatic carbocycles. The normalized spacial score (nSPS) is 12.7. The average molecular weight is 375 g/mol. The predicted molar refractivity (Wildman–Crippen MR) is 76.2 cm³/mol. The van der Waals surface area contributed by atoms with Crippen molar-refractivity contribution in [3.63, 3.8) is 0 Å². The van der Waals surface area contributed by atoms with Crippen LogP contribution in [0.2, 0.25) is 0 Å². The molecule has 0 saturated carbocycles. The minimum absolute atomic E-state index is 0.571. The summed E-state index contributed by atoms with van der Waals surface area (Å²) in [6.45, 7) is 2.92. The fourth-order valence-electron chi connectivity index (χ4n) is 1.75. The number of aliphatic hydroxyl groups excluding tert-OH is 1. The Hall–Kier alpha value is -0.720. The van der Waals surface area contributed by atoms with Gasteiger partial charge < -0.3 is 9.67 Å². The lowest BCUT2D eigenvalue weighted by molar-refractivity contribution is 0.198. The first-order chi connectivity index (χ1) is 8.63. The van der Waals surface area contributed by atoms with Gasteiger partial charge in [-0.1, -0.05) is 6.92 Å². The van der Waals surface area contributed by atoms with E-state index in [2.05, 4.69) is 48.8 Å². The lowest BCUT2D eigenvalue weighted by Crippen LogP contribution is -2.11. The number of nitrogens with zero attached hydrogens (tertiary/aromatic N) is 3. The standard InChI is InChI=1S/C12H13Br2N3O/c1-2-4-17-5-3-15-12(17)11(18)10-9(14)6-8(13)7-16-10/h3,5-7,11,18H,2,4H2,1H3. The molecule has 96 valence electrons. The van der Waals surface area contributed by atoms with Gasteiger partial charge in [0, 0.05) is 34.1 Å². The third kappa shape index (κ3) is 2.81. The highest BCUT2D eigenvalue weighted by molar-refractivity contribution is 9.11. The Morgan fingerprint density at radius 3 is 2.83 bits per heavy atom. The molecule has 0 bridgehead atoms. The van der Waals surface area contributed by atoms with E-state index in [1.165, 1.54) is 0 Å². The largest absolute Gasteiger partial charge is 0.379 e. The number of hydrogen-bond acceptors (Lipinski definition) is 3. The van der Waals surface area contributed by atoms with Crippen LogP contribution >= 0.6 is 31.9 Å². The van der Waals surface area contributed by atoms with Crippen LogP contribution in [0.1, 0.15) is 31.0 Å². The molecule has 2 aromatic heterocycles. The predicted octanol–water partition coefficient (Wildman–Crippen LogP) is 3.29. The summed E-state index contributed by atoms with van der Waals surface area (Å²) in [5, 5.41) is 10.4. The van der Waals surface area contributed by atoms with Gasteiger partial charge in [-0.15, -0.1) is 0 Å². The summed E-state index contributed by atoms with van der Waals surface area (Å²) in [5.41, 5.74) is 0.571. The van der Waals surface area contributed by atoms with E-state index in [4.69, 9.17) is 0 Å². The van der Waals surface area contributed by atoms with Gasteiger partial charge in [-0.3, -0.25) is 4.98 Å². The first kappa shape index (κ1) is 13.7. The molecule has 1 atom stereocenters. The quantitative estimate of drug-likeness (QED) is 0.893. The monoisotopic (exact) mass is 373 g/mol. The molecule has 2 aromatic rings. The van der Waals surface area contributed by atoms with E-state index in [0.29, 0.717) is 11.5 Å². The van der Waals surface area contributed by atoms with Gasteiger partial charge in [0.2, 0.25) is 0 Å². The zero-order chi connectivity index (χ0) is 13.1. The number of halogens is 2. The van der Waals surface area contributed by atoms with E-state index in [1.807, 2.05) is 16.8 Å². The zero-order valence-electron chi connectivity index (χ0n) is 9.85. The minimum atomic E-state index is -0.825. The Balaban J connectivity index is 2.35. The molecule has 2 heterocycles. The molecule has 0 saturated heterocycles. The second-order valence-electron chi connectivity index (χ2n) is 3.90. The smallest absolute Gasteiger partial charge is 0.155 e. The molecule has 0 radical (unpaired) electrons. The van der Waals surface area contributed by atoms with Crippen molar-refractivity contribution in [1.82, 2.24) is 14.5 Å². The van der Waals surface area contributed by atoms with Gasteiger partial charge in [0.05, 0.1) is 5.69 Å². The Bertz CT molecular complexity index is 542. The van der Waals surface area contributed by atoms with Gasteiger partial charge in [-0.2, -0.15) is 0 Å². The third-order valence-electron chi connectivity index (χ3n) is 2.55. The van der Waals surface area contributed by atoms with E-state index in [9.17, 15) is 5.11 Å². The van der Waals surface area contributed by atoms with E-state index in [-0.39, 0.29) is 0 Å². The van der Waals surface area contributed by atoms with E-state index in [1.54, 1.807) is 12.4 Å². The van der Waals surface area contributed by atoms with Crippen LogP contribution in [0.4, 0.5) is 0 Å². The molecule has 0 fully saturated rings. The van der Waals surface area contributed by atoms with Crippen molar-refractivity contribution in [2.24, 2.45) is 0 Å². The van der Waals surface area contributed by atoms with E-state index in [0.717, 1.165) is 21.9 Å². The Kier molecular flexibility index (Phi) is 4.53. The summed E-state index contributed by atoms with van der Waals surface area (Å²) in [4.78, 5) is 8.45. The van der Waals surface area contributed by atoms with Gasteiger partial charge in [0.15, 0.2) is 6.10 Å². The first-order valence-electron chi connectivity index (χ1n) is 5.63. The molecule has 1 N–H and O–H groups in total. The molecule has 1 unspecified atom stereocenters. The summed E-state index contributed by atoms with van der Waals surface area (Å²) in [7, 11) is 0.